The van der Waals surface area contributed by atoms with E-state index in [1.807, 2.05) is 0 Å². The van der Waals surface area contributed by atoms with Crippen molar-refractivity contribution in [3.8, 4) is 5.75 Å². The molecule has 1 saturated carbocycles. The van der Waals surface area contributed by atoms with Crippen LogP contribution in [-0.2, 0) is 10.0 Å². The van der Waals surface area contributed by atoms with Crippen LogP contribution in [0.5, 0.6) is 5.75 Å². The molecule has 8 heteroatoms. The average molecular weight is 478 g/mol. The van der Waals surface area contributed by atoms with E-state index in [-0.39, 0.29) is 16.8 Å². The average Bonchev–Trinajstić information content (AvgIpc) is 3.03. The second-order valence-corrected chi connectivity index (χ2v) is 11.7. The van der Waals surface area contributed by atoms with Crippen molar-refractivity contribution in [2.24, 2.45) is 0 Å². The Labute approximate surface area is 198 Å². The van der Waals surface area contributed by atoms with Crippen LogP contribution in [0.4, 0.5) is 0 Å². The summed E-state index contributed by atoms with van der Waals surface area (Å²) in [5.74, 6) is 0.147. The Morgan fingerprint density at radius 3 is 2.27 bits per heavy atom. The summed E-state index contributed by atoms with van der Waals surface area (Å²) in [6, 6.07) is 5.36. The van der Waals surface area contributed by atoms with Gasteiger partial charge in [0.25, 0.3) is 5.91 Å². The maximum atomic E-state index is 13.3. The number of nitrogens with one attached hydrogen (secondary N) is 1. The van der Waals surface area contributed by atoms with Crippen molar-refractivity contribution in [1.82, 2.24) is 14.5 Å². The molecule has 1 atom stereocenters. The summed E-state index contributed by atoms with van der Waals surface area (Å²) in [6.45, 7) is 2.95. The SMILES string of the molecule is COc1ccc(S(=O)(=O)N2CCCCCC2)cc1C(=O)NC1CCN(C2CCCCCC2)C1. The first-order chi connectivity index (χ1) is 16.0. The number of methoxy groups -OCH3 is 1. The van der Waals surface area contributed by atoms with Gasteiger partial charge in [-0.05, 0) is 50.3 Å². The number of benzene rings is 1. The number of sulfonamides is 1. The van der Waals surface area contributed by atoms with Gasteiger partial charge in [-0.3, -0.25) is 9.69 Å². The Morgan fingerprint density at radius 1 is 0.939 bits per heavy atom. The molecular weight excluding hydrogens is 438 g/mol. The zero-order valence-electron chi connectivity index (χ0n) is 19.9. The first-order valence-electron chi connectivity index (χ1n) is 12.7. The van der Waals surface area contributed by atoms with Crippen molar-refractivity contribution in [2.45, 2.75) is 87.6 Å². The largest absolute Gasteiger partial charge is 0.496 e. The molecule has 184 valence electrons. The molecule has 0 spiro atoms. The number of carbonyl (C=O) groups is 1. The van der Waals surface area contributed by atoms with E-state index in [4.69, 9.17) is 4.74 Å². The summed E-state index contributed by atoms with van der Waals surface area (Å²) in [6.07, 6.45) is 12.6. The number of ether oxygens (including phenoxy) is 1. The fourth-order valence-corrected chi connectivity index (χ4v) is 7.12. The van der Waals surface area contributed by atoms with Gasteiger partial charge in [-0.1, -0.05) is 38.5 Å². The third-order valence-electron chi connectivity index (χ3n) is 7.51. The van der Waals surface area contributed by atoms with E-state index in [2.05, 4.69) is 10.2 Å². The first kappa shape index (κ1) is 24.5. The predicted octanol–water partition coefficient (Wildman–Crippen LogP) is 3.79. The summed E-state index contributed by atoms with van der Waals surface area (Å²) in [5.41, 5.74) is 0.293. The van der Waals surface area contributed by atoms with Gasteiger partial charge >= 0.3 is 0 Å². The van der Waals surface area contributed by atoms with E-state index < -0.39 is 10.0 Å². The second-order valence-electron chi connectivity index (χ2n) is 9.78. The topological polar surface area (TPSA) is 79.0 Å². The van der Waals surface area contributed by atoms with Crippen LogP contribution in [0.25, 0.3) is 0 Å². The van der Waals surface area contributed by atoms with E-state index in [0.717, 1.165) is 45.2 Å². The number of rotatable bonds is 6. The number of amides is 1. The Balaban J connectivity index is 1.45. The third kappa shape index (κ3) is 5.89. The van der Waals surface area contributed by atoms with Crippen molar-refractivity contribution in [3.63, 3.8) is 0 Å². The fourth-order valence-electron chi connectivity index (χ4n) is 5.58. The summed E-state index contributed by atoms with van der Waals surface area (Å²) < 4.78 is 33.5. The molecule has 1 N–H and O–H groups in total. The van der Waals surface area contributed by atoms with Crippen LogP contribution in [0.3, 0.4) is 0 Å². The van der Waals surface area contributed by atoms with Crippen LogP contribution in [0.15, 0.2) is 23.1 Å². The van der Waals surface area contributed by atoms with Gasteiger partial charge in [-0.2, -0.15) is 4.31 Å². The highest BCUT2D eigenvalue weighted by Crippen LogP contribution is 2.28. The fraction of sp³-hybridized carbons (Fsp3) is 0.720. The van der Waals surface area contributed by atoms with Crippen LogP contribution in [0, 0.1) is 0 Å². The number of carbonyl (C=O) groups excluding carboxylic acids is 1. The molecule has 3 fully saturated rings. The minimum atomic E-state index is -3.63. The highest BCUT2D eigenvalue weighted by Gasteiger charge is 2.31. The molecule has 3 aliphatic rings. The Kier molecular flexibility index (Phi) is 8.30. The van der Waals surface area contributed by atoms with Crippen LogP contribution < -0.4 is 10.1 Å². The van der Waals surface area contributed by atoms with E-state index in [1.165, 1.54) is 51.7 Å². The molecule has 7 nitrogen and oxygen atoms in total. The van der Waals surface area contributed by atoms with Gasteiger partial charge in [0.1, 0.15) is 5.75 Å². The lowest BCUT2D eigenvalue weighted by molar-refractivity contribution is 0.0932. The molecule has 0 radical (unpaired) electrons. The minimum Gasteiger partial charge on any atom is -0.496 e. The number of likely N-dealkylation sites (tertiary alicyclic amines) is 1. The number of hydrogen-bond donors (Lipinski definition) is 1. The summed E-state index contributed by atoms with van der Waals surface area (Å²) in [5, 5.41) is 3.15. The van der Waals surface area contributed by atoms with Crippen molar-refractivity contribution in [1.29, 1.82) is 0 Å². The first-order valence-corrected chi connectivity index (χ1v) is 14.2. The zero-order chi connectivity index (χ0) is 23.3. The molecule has 0 bridgehead atoms. The molecule has 1 amide bonds. The Bertz CT molecular complexity index is 904. The molecule has 0 aromatic heterocycles. The molecule has 2 heterocycles. The van der Waals surface area contributed by atoms with Gasteiger partial charge < -0.3 is 10.1 Å². The summed E-state index contributed by atoms with van der Waals surface area (Å²) in [4.78, 5) is 15.9. The maximum Gasteiger partial charge on any atom is 0.255 e. The van der Waals surface area contributed by atoms with E-state index in [0.29, 0.717) is 30.4 Å². The lowest BCUT2D eigenvalue weighted by atomic mass is 10.1. The lowest BCUT2D eigenvalue weighted by Crippen LogP contribution is -2.40. The minimum absolute atomic E-state index is 0.0799. The molecule has 2 aliphatic heterocycles. The molecule has 1 unspecified atom stereocenters. The van der Waals surface area contributed by atoms with Crippen LogP contribution in [0.2, 0.25) is 0 Å². The molecule has 33 heavy (non-hydrogen) atoms. The van der Waals surface area contributed by atoms with Crippen molar-refractivity contribution < 1.29 is 17.9 Å². The molecule has 1 aliphatic carbocycles. The molecule has 1 aromatic rings. The number of hydrogen-bond acceptors (Lipinski definition) is 5. The normalized spacial score (nSPS) is 24.2. The van der Waals surface area contributed by atoms with Crippen LogP contribution in [0.1, 0.15) is 81.0 Å². The summed E-state index contributed by atoms with van der Waals surface area (Å²) >= 11 is 0. The van der Waals surface area contributed by atoms with Crippen molar-refractivity contribution in [2.75, 3.05) is 33.3 Å². The Morgan fingerprint density at radius 2 is 1.61 bits per heavy atom. The van der Waals surface area contributed by atoms with Gasteiger partial charge in [0.15, 0.2) is 0 Å². The van der Waals surface area contributed by atoms with Gasteiger partial charge in [0.2, 0.25) is 10.0 Å². The molecule has 4 rings (SSSR count). The van der Waals surface area contributed by atoms with Gasteiger partial charge in [0.05, 0.1) is 17.6 Å². The molecule has 1 aromatic carbocycles. The number of nitrogens with zero attached hydrogens (tertiary/aromatic N) is 2. The smallest absolute Gasteiger partial charge is 0.255 e. The highest BCUT2D eigenvalue weighted by molar-refractivity contribution is 7.89. The molecule has 2 saturated heterocycles. The van der Waals surface area contributed by atoms with Gasteiger partial charge in [-0.15, -0.1) is 0 Å². The monoisotopic (exact) mass is 477 g/mol. The second kappa shape index (κ2) is 11.2. The van der Waals surface area contributed by atoms with Gasteiger partial charge in [-0.25, -0.2) is 8.42 Å². The van der Waals surface area contributed by atoms with Crippen molar-refractivity contribution >= 4 is 15.9 Å². The van der Waals surface area contributed by atoms with Crippen LogP contribution in [-0.4, -0.2) is 68.9 Å². The van der Waals surface area contributed by atoms with Crippen LogP contribution >= 0.6 is 0 Å². The van der Waals surface area contributed by atoms with Crippen molar-refractivity contribution in [3.05, 3.63) is 23.8 Å². The predicted molar refractivity (Wildman–Crippen MR) is 129 cm³/mol. The van der Waals surface area contributed by atoms with E-state index >= 15 is 0 Å². The Hall–Kier alpha value is -1.64. The quantitative estimate of drug-likeness (QED) is 0.631. The maximum absolute atomic E-state index is 13.3. The zero-order valence-corrected chi connectivity index (χ0v) is 20.7. The highest BCUT2D eigenvalue weighted by atomic mass is 32.2. The van der Waals surface area contributed by atoms with Gasteiger partial charge in [0, 0.05) is 38.3 Å². The molecular formula is C25H39N3O4S. The van der Waals surface area contributed by atoms with E-state index in [9.17, 15) is 13.2 Å². The summed E-state index contributed by atoms with van der Waals surface area (Å²) in [7, 11) is -2.12. The lowest BCUT2D eigenvalue weighted by Gasteiger charge is -2.26. The third-order valence-corrected chi connectivity index (χ3v) is 9.41. The van der Waals surface area contributed by atoms with E-state index in [1.54, 1.807) is 16.4 Å². The standard InChI is InChI=1S/C25H39N3O4S/c1-32-24-13-12-22(33(30,31)28-15-8-4-5-9-16-28)18-23(24)25(29)26-20-14-17-27(19-20)21-10-6-2-3-7-11-21/h12-13,18,20-21H,2-11,14-17,19H2,1H3,(H,26,29).